The van der Waals surface area contributed by atoms with Crippen molar-refractivity contribution in [1.82, 2.24) is 46.2 Å². The van der Waals surface area contributed by atoms with E-state index < -0.39 is 37.7 Å². The van der Waals surface area contributed by atoms with Crippen LogP contribution in [0.1, 0.15) is 46.2 Å². The van der Waals surface area contributed by atoms with E-state index >= 15 is 0 Å². The van der Waals surface area contributed by atoms with E-state index in [1.807, 2.05) is 54.0 Å². The second-order valence-electron chi connectivity index (χ2n) is 14.6. The van der Waals surface area contributed by atoms with Crippen molar-refractivity contribution in [2.45, 2.75) is 38.5 Å². The van der Waals surface area contributed by atoms with Crippen molar-refractivity contribution < 1.29 is 132 Å². The van der Waals surface area contributed by atoms with Crippen molar-refractivity contribution in [1.29, 1.82) is 0 Å². The zero-order valence-corrected chi connectivity index (χ0v) is 49.4. The van der Waals surface area contributed by atoms with Crippen LogP contribution in [-0.4, -0.2) is 156 Å². The van der Waals surface area contributed by atoms with Crippen molar-refractivity contribution in [3.05, 3.63) is 125 Å². The number of nitrogens with two attached hydrogens (primary N) is 1. The van der Waals surface area contributed by atoms with Crippen LogP contribution in [0.5, 0.6) is 0 Å². The van der Waals surface area contributed by atoms with E-state index in [4.69, 9.17) is 21.8 Å². The maximum Gasteiger partial charge on any atom is 1.00 e. The Labute approximate surface area is 536 Å². The van der Waals surface area contributed by atoms with Crippen LogP contribution < -0.4 is 102 Å². The Bertz CT molecular complexity index is 3080. The molecule has 36 heteroatoms. The van der Waals surface area contributed by atoms with Gasteiger partial charge in [-0.25, -0.2) is 15.9 Å². The molecule has 0 fully saturated rings. The standard InChI is InChI=1S/C37H34ClN10O7S2.C3H7BN2O2.C2H4BNO3.C2H5NO2.3CH4.2Na.H2O.H/c38-33-42-32(43-34(44-33)39-27-7-3-1-4-8-27)22-24-11-12-26(31(21-24)57(53,54)55)14-13-25-15-16-29(23-30(25)56(51)52)41-36-45-35(40-28-9-5-2-6-10-28)46-37(47-36)48(17-19-49)18-20-50;1-5-3(7)2-6-8-4;3-7-4-1-2(5)6;3-1-2(4)5;;;;;;;/h1-16,21,23,49-50H,17-20,22H2,(H,53,54,55)(H,39,42,43,44)(H2,40,41,45,46,47);6H,2H2,1H3,(H,5,7);4H,1H2,(H,5,6);1,3H2,(H,4,5);3*1H4;;;1H2;/q-1;;;;;;;2*+1;;-1/p-1/b14-13+;;;;;;;;;;. The molecule has 2 heterocycles. The van der Waals surface area contributed by atoms with Gasteiger partial charge in [-0.1, -0.05) is 100.0 Å². The van der Waals surface area contributed by atoms with E-state index in [1.165, 1.54) is 43.5 Å². The Morgan fingerprint density at radius 2 is 1.19 bits per heavy atom. The molecule has 6 rings (SSSR count). The number of benzene rings is 4. The summed E-state index contributed by atoms with van der Waals surface area (Å²) in [7, 11) is 2.97. The van der Waals surface area contributed by atoms with Gasteiger partial charge in [0.15, 0.2) is 0 Å². The molecule has 0 saturated heterocycles. The van der Waals surface area contributed by atoms with Gasteiger partial charge in [0.05, 0.1) is 26.3 Å². The van der Waals surface area contributed by atoms with E-state index in [0.717, 1.165) is 0 Å². The third-order valence-corrected chi connectivity index (χ3v) is 10.8. The van der Waals surface area contributed by atoms with Crippen LogP contribution in [0.4, 0.5) is 40.9 Å². The first-order valence-electron chi connectivity index (χ1n) is 21.9. The van der Waals surface area contributed by atoms with E-state index in [2.05, 4.69) is 88.0 Å². The number of halogens is 1. The monoisotopic (exact) mass is 1230 g/mol. The quantitative estimate of drug-likeness (QED) is 0.00965. The van der Waals surface area contributed by atoms with Crippen molar-refractivity contribution in [3.8, 4) is 0 Å². The molecule has 29 nitrogen and oxygen atoms in total. The molecule has 0 bridgehead atoms. The molecule has 4 aromatic carbocycles. The van der Waals surface area contributed by atoms with Crippen molar-refractivity contribution >= 4 is 119 Å². The van der Waals surface area contributed by atoms with Gasteiger partial charge in [-0.3, -0.25) is 18.9 Å². The van der Waals surface area contributed by atoms with Gasteiger partial charge in [-0.05, 0) is 75.4 Å². The fourth-order valence-corrected chi connectivity index (χ4v) is 7.20. The number of carbonyl (C=O) groups is 3. The average Bonchev–Trinajstić information content (AvgIpc) is 3.40. The third kappa shape index (κ3) is 32.7. The molecule has 4 radical (unpaired) electrons. The van der Waals surface area contributed by atoms with Gasteiger partial charge in [0.25, 0.3) is 10.1 Å². The summed E-state index contributed by atoms with van der Waals surface area (Å²) in [6.07, 6.45) is 2.81. The molecule has 440 valence electrons. The number of anilines is 7. The van der Waals surface area contributed by atoms with Gasteiger partial charge < -0.3 is 77.2 Å². The maximum absolute atomic E-state index is 12.5. The van der Waals surface area contributed by atoms with E-state index in [1.54, 1.807) is 29.2 Å². The summed E-state index contributed by atoms with van der Waals surface area (Å²) >= 11 is 6.14. The molecular weight excluding hydrogens is 1170 g/mol. The molecule has 1 amide bonds. The maximum atomic E-state index is 12.5. The average molecular weight is 1230 g/mol. The third-order valence-electron chi connectivity index (χ3n) is 9.05. The molecule has 14 N–H and O–H groups in total. The normalized spacial score (nSPS) is 9.92. The van der Waals surface area contributed by atoms with Crippen molar-refractivity contribution in [2.24, 2.45) is 5.73 Å². The SMILES string of the molecule is C.C.C.NCC(=O)O.O=[S-](=O)c1cc(Nc2nc(Nc3ccccc3)nc(N(CCO)CCO)n2)ccc1/C=C/c1ccc(Cc2nc(Cl)nc(Nc3ccccc3)n2)cc1S(=O)(=O)O.[B]ONCC(=O)NC.[B]ONCC(=O)O.[H-].[Na+].[Na+].[OH-]. The number of amides is 1. The zero-order chi connectivity index (χ0) is 56.8. The number of rotatable bonds is 24. The minimum Gasteiger partial charge on any atom is -1.00 e. The number of hydrogen-bond acceptors (Lipinski definition) is 26. The number of hydrogen-bond donors (Lipinski definition) is 12. The number of aliphatic hydroxyl groups is 2. The van der Waals surface area contributed by atoms with Crippen LogP contribution in [0.2, 0.25) is 5.28 Å². The predicted molar refractivity (Wildman–Crippen MR) is 307 cm³/mol. The molecule has 0 aliphatic carbocycles. The molecule has 83 heavy (non-hydrogen) atoms. The Morgan fingerprint density at radius 3 is 1.64 bits per heavy atom. The van der Waals surface area contributed by atoms with E-state index in [9.17, 15) is 46.0 Å². The van der Waals surface area contributed by atoms with Gasteiger partial charge in [-0.15, -0.1) is 0 Å². The number of aromatic nitrogens is 6. The number of carboxylic acid groups (broad SMARTS) is 2. The number of aliphatic hydroxyl groups excluding tert-OH is 2. The van der Waals surface area contributed by atoms with Crippen LogP contribution in [0, 0.1) is 0 Å². The molecule has 0 saturated carbocycles. The van der Waals surface area contributed by atoms with Crippen LogP contribution in [0.15, 0.2) is 107 Å². The van der Waals surface area contributed by atoms with Gasteiger partial charge in [0.2, 0.25) is 35.0 Å². The van der Waals surface area contributed by atoms with Crippen LogP contribution in [0.3, 0.4) is 0 Å². The molecular formula is C47H64B2ClN14Na2O15S2-. The number of nitrogens with zero attached hydrogens (tertiary/aromatic N) is 7. The number of hydroxylamine groups is 2. The topological polar surface area (TPSA) is 448 Å². The Balaban J connectivity index is -0.000000663. The smallest absolute Gasteiger partial charge is 1.00 e. The van der Waals surface area contributed by atoms with E-state index in [0.29, 0.717) is 16.9 Å². The summed E-state index contributed by atoms with van der Waals surface area (Å²) in [6, 6.07) is 27.0. The van der Waals surface area contributed by atoms with Crippen LogP contribution in [0.25, 0.3) is 12.2 Å². The number of aliphatic carboxylic acids is 2. The first-order valence-corrected chi connectivity index (χ1v) is 24.8. The Morgan fingerprint density at radius 1 is 0.711 bits per heavy atom. The van der Waals surface area contributed by atoms with Gasteiger partial charge in [0, 0.05) is 43.6 Å². The number of likely N-dealkylation sites (N-methyl/N-ethyl adjacent to an activating group) is 1. The first-order chi connectivity index (χ1) is 36.8. The minimum absolute atomic E-state index is 0. The molecule has 0 unspecified atom stereocenters. The van der Waals surface area contributed by atoms with Crippen molar-refractivity contribution in [2.75, 3.05) is 73.8 Å². The number of nitrogens with one attached hydrogen (secondary N) is 6. The summed E-state index contributed by atoms with van der Waals surface area (Å²) in [6.45, 7) is -0.700. The second kappa shape index (κ2) is 45.6. The predicted octanol–water partition coefficient (Wildman–Crippen LogP) is -2.70. The molecule has 6 aromatic rings. The fourth-order valence-electron chi connectivity index (χ4n) is 5.73. The summed E-state index contributed by atoms with van der Waals surface area (Å²) in [4.78, 5) is 56.0. The van der Waals surface area contributed by atoms with Crippen LogP contribution in [-0.2, 0) is 59.6 Å². The molecule has 0 atom stereocenters. The van der Waals surface area contributed by atoms with Gasteiger partial charge in [0.1, 0.15) is 17.3 Å². The fraction of sp³-hybridized carbons (Fsp3) is 0.255. The second-order valence-corrected chi connectivity index (χ2v) is 17.2. The van der Waals surface area contributed by atoms with Gasteiger partial charge in [-0.2, -0.15) is 33.3 Å². The van der Waals surface area contributed by atoms with Crippen molar-refractivity contribution in [3.63, 3.8) is 0 Å². The minimum atomic E-state index is -4.75. The first kappa shape index (κ1) is 83.7. The van der Waals surface area contributed by atoms with Crippen LogP contribution >= 0.6 is 11.6 Å². The molecule has 0 spiro atoms. The zero-order valence-electron chi connectivity index (χ0n) is 44.0. The number of carbonyl (C=O) groups excluding carboxylic acids is 1. The molecule has 2 aromatic heterocycles. The van der Waals surface area contributed by atoms with E-state index in [-0.39, 0.29) is 203 Å². The summed E-state index contributed by atoms with van der Waals surface area (Å²) in [5, 5.41) is 46.0. The molecule has 0 aliphatic rings. The summed E-state index contributed by atoms with van der Waals surface area (Å²) < 4.78 is 67.7. The summed E-state index contributed by atoms with van der Waals surface area (Å²) in [5.74, 6) is -1.41. The largest absolute Gasteiger partial charge is 1.00 e. The number of para-hydroxylation sites is 2. The molecule has 0 aliphatic heterocycles. The Kier molecular flexibility index (Phi) is 46.0. The number of carboxylic acids is 2. The summed E-state index contributed by atoms with van der Waals surface area (Å²) in [5.41, 5.74) is 11.1. The van der Waals surface area contributed by atoms with Gasteiger partial charge >= 0.3 is 87.2 Å². The Hall–Kier alpha value is -5.79.